The van der Waals surface area contributed by atoms with Crippen LogP contribution in [0.1, 0.15) is 10.4 Å². The lowest BCUT2D eigenvalue weighted by Gasteiger charge is -2.26. The van der Waals surface area contributed by atoms with Crippen molar-refractivity contribution in [3.8, 4) is 0 Å². The van der Waals surface area contributed by atoms with Crippen molar-refractivity contribution in [1.29, 1.82) is 0 Å². The number of nitrogens with one attached hydrogen (secondary N) is 1. The topological polar surface area (TPSA) is 21.3 Å². The van der Waals surface area contributed by atoms with E-state index in [1.807, 2.05) is 0 Å². The Hall–Kier alpha value is -0.0900. The molecule has 0 bridgehead atoms. The first-order valence-corrected chi connectivity index (χ1v) is 5.09. The Morgan fingerprint density at radius 2 is 2.38 bits per heavy atom. The minimum absolute atomic E-state index is 0. The van der Waals surface area contributed by atoms with Crippen LogP contribution in [0.25, 0.3) is 0 Å². The highest BCUT2D eigenvalue weighted by Crippen LogP contribution is 2.17. The van der Waals surface area contributed by atoms with Crippen LogP contribution in [0.4, 0.5) is 0 Å². The van der Waals surface area contributed by atoms with Gasteiger partial charge in [0.05, 0.1) is 12.7 Å². The van der Waals surface area contributed by atoms with Gasteiger partial charge in [0.1, 0.15) is 0 Å². The van der Waals surface area contributed by atoms with E-state index in [1.54, 1.807) is 11.3 Å². The second-order valence-electron chi connectivity index (χ2n) is 3.12. The van der Waals surface area contributed by atoms with E-state index in [0.717, 1.165) is 19.7 Å². The van der Waals surface area contributed by atoms with Gasteiger partial charge >= 0.3 is 0 Å². The third kappa shape index (κ3) is 2.68. The fourth-order valence-electron chi connectivity index (χ4n) is 1.13. The first-order valence-electron chi connectivity index (χ1n) is 4.21. The lowest BCUT2D eigenvalue weighted by molar-refractivity contribution is 0.00869. The van der Waals surface area contributed by atoms with Crippen LogP contribution in [-0.2, 0) is 11.3 Å². The summed E-state index contributed by atoms with van der Waals surface area (Å²) in [5, 5.41) is 5.30. The summed E-state index contributed by atoms with van der Waals surface area (Å²) in [6.07, 6.45) is 0.450. The summed E-state index contributed by atoms with van der Waals surface area (Å²) < 4.78 is 5.65. The van der Waals surface area contributed by atoms with Gasteiger partial charge in [0.2, 0.25) is 0 Å². The molecule has 0 spiro atoms. The van der Waals surface area contributed by atoms with Crippen molar-refractivity contribution in [2.45, 2.75) is 19.6 Å². The number of hydrogen-bond donors (Lipinski definition) is 1. The lowest BCUT2D eigenvalue weighted by Crippen LogP contribution is -2.48. The van der Waals surface area contributed by atoms with Crippen LogP contribution in [0, 0.1) is 6.92 Å². The Morgan fingerprint density at radius 1 is 1.62 bits per heavy atom. The minimum atomic E-state index is 0. The number of aryl methyl sites for hydroxylation is 1. The molecule has 0 radical (unpaired) electrons. The highest BCUT2D eigenvalue weighted by Gasteiger charge is 2.17. The molecule has 74 valence electrons. The lowest BCUT2D eigenvalue weighted by atomic mass is 10.2. The summed E-state index contributed by atoms with van der Waals surface area (Å²) in [7, 11) is 0. The summed E-state index contributed by atoms with van der Waals surface area (Å²) in [5.74, 6) is 0. The predicted octanol–water partition coefficient (Wildman–Crippen LogP) is 1.97. The van der Waals surface area contributed by atoms with E-state index in [1.165, 1.54) is 10.4 Å². The summed E-state index contributed by atoms with van der Waals surface area (Å²) in [6, 6.07) is 2.14. The monoisotopic (exact) mass is 219 g/mol. The van der Waals surface area contributed by atoms with E-state index in [-0.39, 0.29) is 12.4 Å². The second kappa shape index (κ2) is 4.96. The van der Waals surface area contributed by atoms with Crippen molar-refractivity contribution in [2.75, 3.05) is 13.1 Å². The molecular weight excluding hydrogens is 206 g/mol. The largest absolute Gasteiger partial charge is 0.370 e. The number of halogens is 1. The maximum atomic E-state index is 5.65. The average molecular weight is 220 g/mol. The molecule has 4 heteroatoms. The Morgan fingerprint density at radius 3 is 2.85 bits per heavy atom. The summed E-state index contributed by atoms with van der Waals surface area (Å²) in [5.41, 5.74) is 1.35. The van der Waals surface area contributed by atoms with Gasteiger partial charge in [-0.05, 0) is 23.9 Å². The van der Waals surface area contributed by atoms with E-state index in [4.69, 9.17) is 4.74 Å². The van der Waals surface area contributed by atoms with Gasteiger partial charge in [0.25, 0.3) is 0 Å². The third-order valence-electron chi connectivity index (χ3n) is 2.16. The van der Waals surface area contributed by atoms with Crippen LogP contribution in [0.5, 0.6) is 0 Å². The molecule has 2 heterocycles. The predicted molar refractivity (Wildman–Crippen MR) is 57.8 cm³/mol. The first kappa shape index (κ1) is 11.0. The van der Waals surface area contributed by atoms with Crippen molar-refractivity contribution in [2.24, 2.45) is 0 Å². The third-order valence-corrected chi connectivity index (χ3v) is 3.16. The van der Waals surface area contributed by atoms with Gasteiger partial charge in [-0.3, -0.25) is 0 Å². The summed E-state index contributed by atoms with van der Waals surface area (Å²) >= 11 is 1.78. The Bertz CT molecular complexity index is 260. The zero-order chi connectivity index (χ0) is 8.39. The van der Waals surface area contributed by atoms with Crippen molar-refractivity contribution in [3.63, 3.8) is 0 Å². The molecule has 1 N–H and O–H groups in total. The van der Waals surface area contributed by atoms with Gasteiger partial charge in [-0.2, -0.15) is 0 Å². The average Bonchev–Trinajstić information content (AvgIpc) is 2.33. The van der Waals surface area contributed by atoms with E-state index >= 15 is 0 Å². The summed E-state index contributed by atoms with van der Waals surface area (Å²) in [4.78, 5) is 1.36. The van der Waals surface area contributed by atoms with Crippen LogP contribution in [-0.4, -0.2) is 19.2 Å². The van der Waals surface area contributed by atoms with Crippen molar-refractivity contribution < 1.29 is 4.74 Å². The molecule has 0 saturated carbocycles. The van der Waals surface area contributed by atoms with E-state index < -0.39 is 0 Å². The van der Waals surface area contributed by atoms with Crippen molar-refractivity contribution >= 4 is 23.7 Å². The van der Waals surface area contributed by atoms with E-state index in [2.05, 4.69) is 23.7 Å². The highest BCUT2D eigenvalue weighted by molar-refractivity contribution is 7.10. The molecule has 2 rings (SSSR count). The van der Waals surface area contributed by atoms with Crippen LogP contribution >= 0.6 is 23.7 Å². The van der Waals surface area contributed by atoms with Crippen molar-refractivity contribution in [3.05, 3.63) is 21.9 Å². The molecule has 0 atom stereocenters. The maximum absolute atomic E-state index is 5.65. The Labute approximate surface area is 88.7 Å². The molecule has 1 aliphatic heterocycles. The number of ether oxygens (including phenoxy) is 1. The van der Waals surface area contributed by atoms with Crippen LogP contribution in [0.2, 0.25) is 0 Å². The molecule has 2 nitrogen and oxygen atoms in total. The van der Waals surface area contributed by atoms with Gasteiger partial charge < -0.3 is 10.1 Å². The van der Waals surface area contributed by atoms with Gasteiger partial charge in [-0.15, -0.1) is 23.7 Å². The Balaban J connectivity index is 0.000000845. The molecule has 0 aliphatic carbocycles. The highest BCUT2D eigenvalue weighted by atomic mass is 35.5. The van der Waals surface area contributed by atoms with Gasteiger partial charge in [-0.25, -0.2) is 0 Å². The van der Waals surface area contributed by atoms with Gasteiger partial charge in [0, 0.05) is 18.0 Å². The molecule has 1 aliphatic rings. The standard InChI is InChI=1S/C9H13NOS.ClH/c1-7-2-3-12-9(7)6-11-8-4-10-5-8;/h2-3,8,10H,4-6H2,1H3;1H. The van der Waals surface area contributed by atoms with Gasteiger partial charge in [0.15, 0.2) is 0 Å². The maximum Gasteiger partial charge on any atom is 0.0828 e. The van der Waals surface area contributed by atoms with Gasteiger partial charge in [-0.1, -0.05) is 0 Å². The van der Waals surface area contributed by atoms with Crippen LogP contribution in [0.3, 0.4) is 0 Å². The fraction of sp³-hybridized carbons (Fsp3) is 0.556. The smallest absolute Gasteiger partial charge is 0.0828 e. The molecule has 0 aromatic carbocycles. The molecule has 1 aromatic rings. The quantitative estimate of drug-likeness (QED) is 0.840. The number of rotatable bonds is 3. The van der Waals surface area contributed by atoms with E-state index in [0.29, 0.717) is 6.10 Å². The molecule has 1 aromatic heterocycles. The van der Waals surface area contributed by atoms with Crippen molar-refractivity contribution in [1.82, 2.24) is 5.32 Å². The molecule has 1 fully saturated rings. The second-order valence-corrected chi connectivity index (χ2v) is 4.12. The van der Waals surface area contributed by atoms with E-state index in [9.17, 15) is 0 Å². The zero-order valence-corrected chi connectivity index (χ0v) is 9.21. The molecule has 13 heavy (non-hydrogen) atoms. The zero-order valence-electron chi connectivity index (χ0n) is 7.58. The SMILES string of the molecule is Cc1ccsc1COC1CNC1.Cl. The Kier molecular flexibility index (Phi) is 4.19. The van der Waals surface area contributed by atoms with Crippen LogP contribution in [0.15, 0.2) is 11.4 Å². The fourth-order valence-corrected chi connectivity index (χ4v) is 1.95. The molecule has 0 amide bonds. The molecule has 0 unspecified atom stereocenters. The number of thiophene rings is 1. The first-order chi connectivity index (χ1) is 5.86. The minimum Gasteiger partial charge on any atom is -0.370 e. The number of hydrogen-bond acceptors (Lipinski definition) is 3. The molecule has 1 saturated heterocycles. The molecular formula is C9H14ClNOS. The van der Waals surface area contributed by atoms with Crippen LogP contribution < -0.4 is 5.32 Å². The normalized spacial score (nSPS) is 16.4. The summed E-state index contributed by atoms with van der Waals surface area (Å²) in [6.45, 7) is 4.96.